The van der Waals surface area contributed by atoms with Gasteiger partial charge in [0.1, 0.15) is 17.2 Å². The maximum atomic E-state index is 6.64. The molecule has 2 aromatic rings. The van der Waals surface area contributed by atoms with Crippen LogP contribution in [0.4, 0.5) is 0 Å². The summed E-state index contributed by atoms with van der Waals surface area (Å²) >= 11 is 0. The average Bonchev–Trinajstić information content (AvgIpc) is 2.71. The zero-order valence-electron chi connectivity index (χ0n) is 20.2. The summed E-state index contributed by atoms with van der Waals surface area (Å²) < 4.78 is 13.1. The Morgan fingerprint density at radius 1 is 0.812 bits per heavy atom. The SMILES string of the molecule is CC(C)(C)[Si](C)(C)Oc1ccc2c(c1)Oc1ccccc1C2=C1C2CC3CC(C2)CC1C3. The van der Waals surface area contributed by atoms with Crippen LogP contribution in [0.3, 0.4) is 0 Å². The lowest BCUT2D eigenvalue weighted by Gasteiger charge is -2.52. The normalized spacial score (nSPS) is 28.3. The Bertz CT molecular complexity index is 1070. The Balaban J connectivity index is 1.47. The van der Waals surface area contributed by atoms with Gasteiger partial charge in [0.25, 0.3) is 0 Å². The van der Waals surface area contributed by atoms with Gasteiger partial charge < -0.3 is 9.16 Å². The van der Waals surface area contributed by atoms with Crippen molar-refractivity contribution in [1.82, 2.24) is 0 Å². The van der Waals surface area contributed by atoms with Crippen LogP contribution >= 0.6 is 0 Å². The van der Waals surface area contributed by atoms with Gasteiger partial charge in [-0.3, -0.25) is 0 Å². The number of allylic oxidation sites excluding steroid dienone is 1. The molecule has 4 bridgehead atoms. The fraction of sp³-hybridized carbons (Fsp3) is 0.517. The Morgan fingerprint density at radius 2 is 1.44 bits per heavy atom. The number of benzene rings is 2. The second-order valence-electron chi connectivity index (χ2n) is 12.3. The molecule has 0 unspecified atom stereocenters. The molecule has 1 heterocycles. The summed E-state index contributed by atoms with van der Waals surface area (Å²) in [6, 6.07) is 15.3. The molecule has 5 aliphatic rings. The monoisotopic (exact) mass is 444 g/mol. The van der Waals surface area contributed by atoms with Gasteiger partial charge in [-0.1, -0.05) is 44.5 Å². The molecule has 0 aromatic heterocycles. The van der Waals surface area contributed by atoms with Crippen molar-refractivity contribution < 1.29 is 9.16 Å². The molecule has 2 aromatic carbocycles. The van der Waals surface area contributed by atoms with E-state index in [4.69, 9.17) is 9.16 Å². The minimum atomic E-state index is -1.90. The Hall–Kier alpha value is -2.00. The topological polar surface area (TPSA) is 18.5 Å². The fourth-order valence-electron chi connectivity index (χ4n) is 6.74. The molecule has 0 atom stereocenters. The van der Waals surface area contributed by atoms with Gasteiger partial charge >= 0.3 is 0 Å². The van der Waals surface area contributed by atoms with Gasteiger partial charge in [0.05, 0.1) is 0 Å². The number of ether oxygens (including phenoxy) is 1. The predicted octanol–water partition coefficient (Wildman–Crippen LogP) is 8.43. The lowest BCUT2D eigenvalue weighted by atomic mass is 9.53. The molecule has 3 heteroatoms. The third-order valence-corrected chi connectivity index (χ3v) is 13.4. The molecule has 1 aliphatic heterocycles. The summed E-state index contributed by atoms with van der Waals surface area (Å²) in [5.74, 6) is 6.39. The van der Waals surface area contributed by atoms with Crippen molar-refractivity contribution in [3.05, 3.63) is 59.2 Å². The van der Waals surface area contributed by atoms with E-state index >= 15 is 0 Å². The smallest absolute Gasteiger partial charge is 0.250 e. The quantitative estimate of drug-likeness (QED) is 0.369. The molecule has 0 amide bonds. The van der Waals surface area contributed by atoms with Crippen molar-refractivity contribution in [2.75, 3.05) is 0 Å². The van der Waals surface area contributed by atoms with Crippen molar-refractivity contribution in [3.63, 3.8) is 0 Å². The van der Waals surface area contributed by atoms with Crippen molar-refractivity contribution in [3.8, 4) is 17.2 Å². The molecule has 4 saturated carbocycles. The molecule has 0 N–H and O–H groups in total. The highest BCUT2D eigenvalue weighted by atomic mass is 28.4. The molecular formula is C29H36O2Si. The van der Waals surface area contributed by atoms with Crippen LogP contribution in [0.25, 0.3) is 5.57 Å². The molecule has 7 rings (SSSR count). The molecule has 2 nitrogen and oxygen atoms in total. The number of para-hydroxylation sites is 1. The second kappa shape index (κ2) is 7.00. The van der Waals surface area contributed by atoms with Crippen LogP contribution in [-0.4, -0.2) is 8.32 Å². The van der Waals surface area contributed by atoms with Crippen LogP contribution in [0.5, 0.6) is 17.2 Å². The molecule has 4 fully saturated rings. The van der Waals surface area contributed by atoms with Crippen LogP contribution in [0.2, 0.25) is 18.1 Å². The first-order valence-corrected chi connectivity index (χ1v) is 15.4. The van der Waals surface area contributed by atoms with Crippen molar-refractivity contribution >= 4 is 13.9 Å². The average molecular weight is 445 g/mol. The molecule has 4 aliphatic carbocycles. The maximum Gasteiger partial charge on any atom is 0.250 e. The summed E-state index contributed by atoms with van der Waals surface area (Å²) in [5, 5.41) is 0.171. The Kier molecular flexibility index (Phi) is 4.50. The van der Waals surface area contributed by atoms with E-state index < -0.39 is 8.32 Å². The van der Waals surface area contributed by atoms with Gasteiger partial charge in [-0.15, -0.1) is 0 Å². The number of hydrogen-bond acceptors (Lipinski definition) is 2. The molecule has 168 valence electrons. The standard InChI is InChI=1S/C29H36O2Si/c1-29(2,3)32(4,5)31-22-10-11-24-26(17-22)30-25-9-7-6-8-23(25)28(24)27-20-13-18-12-19(15-20)16-21(27)14-18/h6-11,17-21H,12-16H2,1-5H3. The van der Waals surface area contributed by atoms with Gasteiger partial charge in [0.15, 0.2) is 0 Å². The highest BCUT2D eigenvalue weighted by molar-refractivity contribution is 6.74. The van der Waals surface area contributed by atoms with Gasteiger partial charge in [0, 0.05) is 17.2 Å². The largest absolute Gasteiger partial charge is 0.543 e. The fourth-order valence-corrected chi connectivity index (χ4v) is 7.76. The van der Waals surface area contributed by atoms with E-state index in [9.17, 15) is 0 Å². The molecular weight excluding hydrogens is 408 g/mol. The van der Waals surface area contributed by atoms with Crippen LogP contribution in [0.15, 0.2) is 48.0 Å². The maximum absolute atomic E-state index is 6.64. The highest BCUT2D eigenvalue weighted by Gasteiger charge is 2.47. The van der Waals surface area contributed by atoms with Crippen molar-refractivity contribution in [2.24, 2.45) is 23.7 Å². The first-order chi connectivity index (χ1) is 15.2. The summed E-state index contributed by atoms with van der Waals surface area (Å²) in [6.45, 7) is 11.5. The molecule has 0 saturated heterocycles. The van der Waals surface area contributed by atoms with Crippen molar-refractivity contribution in [1.29, 1.82) is 0 Å². The van der Waals surface area contributed by atoms with Crippen molar-refractivity contribution in [2.45, 2.75) is 71.0 Å². The van der Waals surface area contributed by atoms with Gasteiger partial charge in [-0.25, -0.2) is 0 Å². The zero-order valence-corrected chi connectivity index (χ0v) is 21.2. The van der Waals surface area contributed by atoms with E-state index in [0.717, 1.165) is 40.9 Å². The number of fused-ring (bicyclic) bond motifs is 2. The van der Waals surface area contributed by atoms with Crippen LogP contribution in [0, 0.1) is 23.7 Å². The van der Waals surface area contributed by atoms with E-state index in [0.29, 0.717) is 0 Å². The lowest BCUT2D eigenvalue weighted by molar-refractivity contribution is 0.0705. The summed E-state index contributed by atoms with van der Waals surface area (Å²) in [7, 11) is -1.90. The third kappa shape index (κ3) is 3.19. The first-order valence-electron chi connectivity index (χ1n) is 12.5. The van der Waals surface area contributed by atoms with E-state index in [-0.39, 0.29) is 5.04 Å². The summed E-state index contributed by atoms with van der Waals surface area (Å²) in [6.07, 6.45) is 7.08. The predicted molar refractivity (Wildman–Crippen MR) is 134 cm³/mol. The minimum Gasteiger partial charge on any atom is -0.543 e. The summed E-state index contributed by atoms with van der Waals surface area (Å²) in [5.41, 5.74) is 5.79. The Morgan fingerprint density at radius 3 is 2.09 bits per heavy atom. The summed E-state index contributed by atoms with van der Waals surface area (Å²) in [4.78, 5) is 0. The lowest BCUT2D eigenvalue weighted by Crippen LogP contribution is -2.43. The van der Waals surface area contributed by atoms with Gasteiger partial charge in [-0.2, -0.15) is 0 Å². The van der Waals surface area contributed by atoms with Crippen LogP contribution in [0.1, 0.15) is 64.0 Å². The van der Waals surface area contributed by atoms with Gasteiger partial charge in [-0.05, 0) is 97.7 Å². The third-order valence-electron chi connectivity index (χ3n) is 9.08. The Labute approximate surface area is 194 Å². The van der Waals surface area contributed by atoms with E-state index in [1.165, 1.54) is 48.8 Å². The highest BCUT2D eigenvalue weighted by Crippen LogP contribution is 2.60. The second-order valence-corrected chi connectivity index (χ2v) is 17.0. The van der Waals surface area contributed by atoms with E-state index in [1.54, 1.807) is 5.57 Å². The first kappa shape index (κ1) is 20.6. The van der Waals surface area contributed by atoms with E-state index in [1.807, 2.05) is 0 Å². The number of hydrogen-bond donors (Lipinski definition) is 0. The van der Waals surface area contributed by atoms with E-state index in [2.05, 4.69) is 76.3 Å². The minimum absolute atomic E-state index is 0.171. The van der Waals surface area contributed by atoms with Crippen LogP contribution in [-0.2, 0) is 0 Å². The zero-order chi connectivity index (χ0) is 22.3. The molecule has 0 spiro atoms. The van der Waals surface area contributed by atoms with Gasteiger partial charge in [0.2, 0.25) is 8.32 Å². The molecule has 32 heavy (non-hydrogen) atoms. The molecule has 0 radical (unpaired) electrons. The van der Waals surface area contributed by atoms with Crippen LogP contribution < -0.4 is 9.16 Å². The number of rotatable bonds is 2.